The van der Waals surface area contributed by atoms with Gasteiger partial charge >= 0.3 is 0 Å². The summed E-state index contributed by atoms with van der Waals surface area (Å²) in [6, 6.07) is 7.89. The van der Waals surface area contributed by atoms with Crippen LogP contribution in [0.5, 0.6) is 5.75 Å². The number of para-hydroxylation sites is 1. The van der Waals surface area contributed by atoms with Crippen molar-refractivity contribution in [3.63, 3.8) is 0 Å². The van der Waals surface area contributed by atoms with Crippen LogP contribution >= 0.6 is 0 Å². The van der Waals surface area contributed by atoms with Gasteiger partial charge in [-0.15, -0.1) is 0 Å². The first-order chi connectivity index (χ1) is 9.61. The molecule has 4 nitrogen and oxygen atoms in total. The molecule has 1 aliphatic rings. The zero-order valence-corrected chi connectivity index (χ0v) is 12.3. The molecule has 20 heavy (non-hydrogen) atoms. The Labute approximate surface area is 120 Å². The van der Waals surface area contributed by atoms with Crippen LogP contribution in [0.15, 0.2) is 24.3 Å². The van der Waals surface area contributed by atoms with Gasteiger partial charge in [-0.3, -0.25) is 4.79 Å². The topological polar surface area (TPSA) is 55.6 Å². The molecule has 2 rings (SSSR count). The predicted octanol–water partition coefficient (Wildman–Crippen LogP) is 2.10. The minimum absolute atomic E-state index is 0.0610. The molecule has 0 aromatic heterocycles. The standard InChI is InChI=1S/C16H24N2O2/c1-3-14(20-15-9-5-4-7-12(15)2)16(19)18-10-6-8-13(17)11-18/h4-5,7,9,13-14H,3,6,8,10-11,17H2,1-2H3/t13-,14+/m0/s1. The second-order valence-corrected chi connectivity index (χ2v) is 5.47. The van der Waals surface area contributed by atoms with Crippen molar-refractivity contribution in [1.29, 1.82) is 0 Å². The third kappa shape index (κ3) is 3.51. The number of amides is 1. The average Bonchev–Trinajstić information content (AvgIpc) is 2.46. The van der Waals surface area contributed by atoms with Gasteiger partial charge in [-0.25, -0.2) is 0 Å². The van der Waals surface area contributed by atoms with E-state index in [0.29, 0.717) is 13.0 Å². The highest BCUT2D eigenvalue weighted by Crippen LogP contribution is 2.20. The van der Waals surface area contributed by atoms with Crippen LogP contribution in [-0.2, 0) is 4.79 Å². The SMILES string of the molecule is CC[C@@H](Oc1ccccc1C)C(=O)N1CCC[C@H](N)C1. The Kier molecular flexibility index (Phi) is 5.01. The molecular formula is C16H24N2O2. The molecule has 0 bridgehead atoms. The van der Waals surface area contributed by atoms with Gasteiger partial charge in [-0.2, -0.15) is 0 Å². The van der Waals surface area contributed by atoms with E-state index in [-0.39, 0.29) is 11.9 Å². The van der Waals surface area contributed by atoms with E-state index in [4.69, 9.17) is 10.5 Å². The molecule has 0 unspecified atom stereocenters. The normalized spacial score (nSPS) is 20.6. The Hall–Kier alpha value is -1.55. The smallest absolute Gasteiger partial charge is 0.263 e. The highest BCUT2D eigenvalue weighted by molar-refractivity contribution is 5.81. The van der Waals surface area contributed by atoms with Crippen molar-refractivity contribution in [3.8, 4) is 5.75 Å². The summed E-state index contributed by atoms with van der Waals surface area (Å²) in [6.45, 7) is 5.40. The molecular weight excluding hydrogens is 252 g/mol. The molecule has 1 aromatic rings. The fraction of sp³-hybridized carbons (Fsp3) is 0.562. The quantitative estimate of drug-likeness (QED) is 0.916. The number of carbonyl (C=O) groups excluding carboxylic acids is 1. The summed E-state index contributed by atoms with van der Waals surface area (Å²) >= 11 is 0. The molecule has 110 valence electrons. The van der Waals surface area contributed by atoms with Crippen molar-refractivity contribution >= 4 is 5.91 Å². The van der Waals surface area contributed by atoms with Crippen LogP contribution in [-0.4, -0.2) is 36.0 Å². The van der Waals surface area contributed by atoms with Gasteiger partial charge in [-0.1, -0.05) is 25.1 Å². The van der Waals surface area contributed by atoms with Gasteiger partial charge < -0.3 is 15.4 Å². The number of rotatable bonds is 4. The van der Waals surface area contributed by atoms with Gasteiger partial charge in [0.1, 0.15) is 5.75 Å². The second kappa shape index (κ2) is 6.75. The number of ether oxygens (including phenoxy) is 1. The second-order valence-electron chi connectivity index (χ2n) is 5.47. The highest BCUT2D eigenvalue weighted by atomic mass is 16.5. The average molecular weight is 276 g/mol. The Morgan fingerprint density at radius 2 is 2.25 bits per heavy atom. The fourth-order valence-corrected chi connectivity index (χ4v) is 2.56. The maximum atomic E-state index is 12.5. The van der Waals surface area contributed by atoms with Crippen LogP contribution in [0.4, 0.5) is 0 Å². The number of carbonyl (C=O) groups is 1. The molecule has 0 spiro atoms. The summed E-state index contributed by atoms with van der Waals surface area (Å²) in [4.78, 5) is 14.4. The van der Waals surface area contributed by atoms with Crippen molar-refractivity contribution in [2.45, 2.75) is 45.3 Å². The zero-order chi connectivity index (χ0) is 14.5. The lowest BCUT2D eigenvalue weighted by atomic mass is 10.1. The number of hydrogen-bond acceptors (Lipinski definition) is 3. The maximum absolute atomic E-state index is 12.5. The van der Waals surface area contributed by atoms with Crippen molar-refractivity contribution < 1.29 is 9.53 Å². The summed E-state index contributed by atoms with van der Waals surface area (Å²) in [7, 11) is 0. The molecule has 1 saturated heterocycles. The summed E-state index contributed by atoms with van der Waals surface area (Å²) in [5.74, 6) is 0.847. The van der Waals surface area contributed by atoms with Gasteiger partial charge in [0, 0.05) is 19.1 Å². The predicted molar refractivity (Wildman–Crippen MR) is 79.7 cm³/mol. The number of nitrogens with zero attached hydrogens (tertiary/aromatic N) is 1. The summed E-state index contributed by atoms with van der Waals surface area (Å²) < 4.78 is 5.91. The van der Waals surface area contributed by atoms with Crippen LogP contribution in [0.2, 0.25) is 0 Å². The number of benzene rings is 1. The van der Waals surface area contributed by atoms with Crippen LogP contribution in [0, 0.1) is 6.92 Å². The summed E-state index contributed by atoms with van der Waals surface area (Å²) in [5, 5.41) is 0. The van der Waals surface area contributed by atoms with Crippen molar-refractivity contribution in [2.24, 2.45) is 5.73 Å². The molecule has 1 aromatic carbocycles. The van der Waals surface area contributed by atoms with E-state index in [9.17, 15) is 4.79 Å². The van der Waals surface area contributed by atoms with Crippen molar-refractivity contribution in [3.05, 3.63) is 29.8 Å². The minimum Gasteiger partial charge on any atom is -0.480 e. The van der Waals surface area contributed by atoms with E-state index in [1.807, 2.05) is 43.0 Å². The lowest BCUT2D eigenvalue weighted by Gasteiger charge is -2.33. The van der Waals surface area contributed by atoms with E-state index in [2.05, 4.69) is 0 Å². The van der Waals surface area contributed by atoms with Gasteiger partial charge in [0.05, 0.1) is 0 Å². The summed E-state index contributed by atoms with van der Waals surface area (Å²) in [5.41, 5.74) is 7.00. The van der Waals surface area contributed by atoms with Gasteiger partial charge in [0.2, 0.25) is 0 Å². The molecule has 2 N–H and O–H groups in total. The van der Waals surface area contributed by atoms with Crippen molar-refractivity contribution in [1.82, 2.24) is 4.90 Å². The van der Waals surface area contributed by atoms with Crippen LogP contribution < -0.4 is 10.5 Å². The minimum atomic E-state index is -0.415. The van der Waals surface area contributed by atoms with E-state index < -0.39 is 6.10 Å². The first kappa shape index (κ1) is 14.9. The van der Waals surface area contributed by atoms with E-state index in [0.717, 1.165) is 30.7 Å². The largest absolute Gasteiger partial charge is 0.480 e. The lowest BCUT2D eigenvalue weighted by molar-refractivity contribution is -0.140. The van der Waals surface area contributed by atoms with Gasteiger partial charge in [0.25, 0.3) is 5.91 Å². The lowest BCUT2D eigenvalue weighted by Crippen LogP contribution is -2.50. The molecule has 1 amide bonds. The maximum Gasteiger partial charge on any atom is 0.263 e. The molecule has 1 aliphatic heterocycles. The first-order valence-corrected chi connectivity index (χ1v) is 7.38. The van der Waals surface area contributed by atoms with Crippen molar-refractivity contribution in [2.75, 3.05) is 13.1 Å². The third-order valence-electron chi connectivity index (χ3n) is 3.78. The molecule has 1 fully saturated rings. The molecule has 4 heteroatoms. The number of piperidine rings is 1. The molecule has 2 atom stereocenters. The summed E-state index contributed by atoms with van der Waals surface area (Å²) in [6.07, 6.45) is 2.23. The number of hydrogen-bond donors (Lipinski definition) is 1. The van der Waals surface area contributed by atoms with E-state index >= 15 is 0 Å². The fourth-order valence-electron chi connectivity index (χ4n) is 2.56. The van der Waals surface area contributed by atoms with Gasteiger partial charge in [0.15, 0.2) is 6.10 Å². The third-order valence-corrected chi connectivity index (χ3v) is 3.78. The molecule has 1 heterocycles. The Balaban J connectivity index is 2.04. The molecule has 0 radical (unpaired) electrons. The Morgan fingerprint density at radius 1 is 1.50 bits per heavy atom. The Morgan fingerprint density at radius 3 is 2.90 bits per heavy atom. The van der Waals surface area contributed by atoms with Crippen LogP contribution in [0.1, 0.15) is 31.7 Å². The Bertz CT molecular complexity index is 462. The molecule has 0 aliphatic carbocycles. The number of likely N-dealkylation sites (tertiary alicyclic amines) is 1. The first-order valence-electron chi connectivity index (χ1n) is 7.38. The molecule has 0 saturated carbocycles. The van der Waals surface area contributed by atoms with Crippen LogP contribution in [0.25, 0.3) is 0 Å². The van der Waals surface area contributed by atoms with Gasteiger partial charge in [-0.05, 0) is 37.8 Å². The zero-order valence-electron chi connectivity index (χ0n) is 12.3. The van der Waals surface area contributed by atoms with E-state index in [1.54, 1.807) is 0 Å². The highest BCUT2D eigenvalue weighted by Gasteiger charge is 2.28. The monoisotopic (exact) mass is 276 g/mol. The number of nitrogens with two attached hydrogens (primary N) is 1. The van der Waals surface area contributed by atoms with E-state index in [1.165, 1.54) is 0 Å². The number of aryl methyl sites for hydroxylation is 1. The van der Waals surface area contributed by atoms with Crippen LogP contribution in [0.3, 0.4) is 0 Å².